The van der Waals surface area contributed by atoms with Gasteiger partial charge in [0.25, 0.3) is 0 Å². The zero-order valence-electron chi connectivity index (χ0n) is 8.73. The monoisotopic (exact) mass is 207 g/mol. The van der Waals surface area contributed by atoms with Crippen molar-refractivity contribution in [1.82, 2.24) is 0 Å². The maximum absolute atomic E-state index is 9.58. The Morgan fingerprint density at radius 1 is 1.47 bits per heavy atom. The molecule has 3 nitrogen and oxygen atoms in total. The van der Waals surface area contributed by atoms with E-state index in [-0.39, 0.29) is 6.54 Å². The molecule has 3 N–H and O–H groups in total. The average molecular weight is 207 g/mol. The molecule has 1 aliphatic rings. The van der Waals surface area contributed by atoms with E-state index in [1.165, 1.54) is 6.42 Å². The zero-order valence-corrected chi connectivity index (χ0v) is 8.73. The highest BCUT2D eigenvalue weighted by molar-refractivity contribution is 5.30. The molecule has 0 amide bonds. The molecule has 1 aromatic rings. The van der Waals surface area contributed by atoms with Crippen LogP contribution < -0.4 is 10.5 Å². The number of ether oxygens (including phenoxy) is 1. The third-order valence-electron chi connectivity index (χ3n) is 2.82. The molecule has 0 bridgehead atoms. The van der Waals surface area contributed by atoms with Crippen molar-refractivity contribution in [2.45, 2.75) is 31.5 Å². The Hall–Kier alpha value is -1.06. The molecular weight excluding hydrogens is 190 g/mol. The lowest BCUT2D eigenvalue weighted by molar-refractivity contribution is 0.119. The Balaban J connectivity index is 2.04. The van der Waals surface area contributed by atoms with Crippen molar-refractivity contribution < 1.29 is 9.84 Å². The van der Waals surface area contributed by atoms with E-state index in [0.29, 0.717) is 6.10 Å². The van der Waals surface area contributed by atoms with Crippen LogP contribution in [0.2, 0.25) is 0 Å². The molecule has 82 valence electrons. The van der Waals surface area contributed by atoms with Gasteiger partial charge in [-0.1, -0.05) is 12.1 Å². The quantitative estimate of drug-likeness (QED) is 0.788. The van der Waals surface area contributed by atoms with Gasteiger partial charge in [0.15, 0.2) is 0 Å². The van der Waals surface area contributed by atoms with Gasteiger partial charge in [0, 0.05) is 6.54 Å². The number of hydrogen-bond acceptors (Lipinski definition) is 3. The molecule has 0 spiro atoms. The van der Waals surface area contributed by atoms with Gasteiger partial charge in [-0.05, 0) is 37.0 Å². The molecule has 15 heavy (non-hydrogen) atoms. The van der Waals surface area contributed by atoms with Crippen LogP contribution in [-0.2, 0) is 0 Å². The van der Waals surface area contributed by atoms with Crippen molar-refractivity contribution in [1.29, 1.82) is 0 Å². The molecule has 1 aliphatic carbocycles. The van der Waals surface area contributed by atoms with E-state index in [4.69, 9.17) is 10.5 Å². The van der Waals surface area contributed by atoms with Gasteiger partial charge in [-0.15, -0.1) is 0 Å². The second kappa shape index (κ2) is 4.64. The average Bonchev–Trinajstić information content (AvgIpc) is 2.23. The molecular formula is C12H17NO2. The van der Waals surface area contributed by atoms with Gasteiger partial charge in [-0.2, -0.15) is 0 Å². The van der Waals surface area contributed by atoms with E-state index in [1.54, 1.807) is 0 Å². The summed E-state index contributed by atoms with van der Waals surface area (Å²) in [5.74, 6) is 0.838. The number of nitrogens with two attached hydrogens (primary N) is 1. The first-order chi connectivity index (χ1) is 7.29. The lowest BCUT2D eigenvalue weighted by Crippen LogP contribution is -2.24. The number of hydrogen-bond donors (Lipinski definition) is 2. The van der Waals surface area contributed by atoms with E-state index in [2.05, 4.69) is 0 Å². The summed E-state index contributed by atoms with van der Waals surface area (Å²) < 4.78 is 5.73. The summed E-state index contributed by atoms with van der Waals surface area (Å²) >= 11 is 0. The predicted molar refractivity (Wildman–Crippen MR) is 58.7 cm³/mol. The van der Waals surface area contributed by atoms with Gasteiger partial charge in [0.2, 0.25) is 0 Å². The molecule has 1 atom stereocenters. The lowest BCUT2D eigenvalue weighted by Gasteiger charge is -2.26. The first-order valence-corrected chi connectivity index (χ1v) is 5.44. The molecule has 1 unspecified atom stereocenters. The molecule has 0 heterocycles. The van der Waals surface area contributed by atoms with Gasteiger partial charge in [-0.3, -0.25) is 0 Å². The Labute approximate surface area is 89.9 Å². The topological polar surface area (TPSA) is 55.5 Å². The van der Waals surface area contributed by atoms with Crippen molar-refractivity contribution in [3.63, 3.8) is 0 Å². The molecule has 0 aromatic heterocycles. The first-order valence-electron chi connectivity index (χ1n) is 5.44. The molecule has 0 aliphatic heterocycles. The summed E-state index contributed by atoms with van der Waals surface area (Å²) in [6.45, 7) is 0.243. The maximum atomic E-state index is 9.58. The number of rotatable bonds is 4. The largest absolute Gasteiger partial charge is 0.490 e. The maximum Gasteiger partial charge on any atom is 0.120 e. The fourth-order valence-corrected chi connectivity index (χ4v) is 1.61. The van der Waals surface area contributed by atoms with Crippen LogP contribution in [0.4, 0.5) is 0 Å². The van der Waals surface area contributed by atoms with Crippen LogP contribution >= 0.6 is 0 Å². The summed E-state index contributed by atoms with van der Waals surface area (Å²) in [4.78, 5) is 0. The second-order valence-electron chi connectivity index (χ2n) is 3.99. The summed E-state index contributed by atoms with van der Waals surface area (Å²) in [6.07, 6.45) is 3.33. The van der Waals surface area contributed by atoms with Gasteiger partial charge in [-0.25, -0.2) is 0 Å². The van der Waals surface area contributed by atoms with E-state index in [9.17, 15) is 5.11 Å². The number of benzene rings is 1. The van der Waals surface area contributed by atoms with E-state index in [1.807, 2.05) is 24.3 Å². The smallest absolute Gasteiger partial charge is 0.120 e. The Bertz CT molecular complexity index is 323. The number of aliphatic hydroxyl groups is 1. The van der Waals surface area contributed by atoms with Gasteiger partial charge in [0.1, 0.15) is 5.75 Å². The van der Waals surface area contributed by atoms with Gasteiger partial charge >= 0.3 is 0 Å². The summed E-state index contributed by atoms with van der Waals surface area (Å²) in [5.41, 5.74) is 6.23. The fourth-order valence-electron chi connectivity index (χ4n) is 1.61. The van der Waals surface area contributed by atoms with Crippen LogP contribution in [-0.4, -0.2) is 17.8 Å². The van der Waals surface area contributed by atoms with Crippen molar-refractivity contribution in [3.05, 3.63) is 29.8 Å². The van der Waals surface area contributed by atoms with Gasteiger partial charge < -0.3 is 15.6 Å². The van der Waals surface area contributed by atoms with Crippen molar-refractivity contribution in [2.24, 2.45) is 5.73 Å². The molecule has 1 aromatic carbocycles. The third kappa shape index (κ3) is 2.49. The third-order valence-corrected chi connectivity index (χ3v) is 2.82. The second-order valence-corrected chi connectivity index (χ2v) is 3.99. The SMILES string of the molecule is NCC(O)c1cccc(OC2CCC2)c1. The minimum absolute atomic E-state index is 0.243. The lowest BCUT2D eigenvalue weighted by atomic mass is 9.96. The molecule has 0 saturated heterocycles. The Kier molecular flexibility index (Phi) is 3.23. The van der Waals surface area contributed by atoms with E-state index < -0.39 is 6.10 Å². The van der Waals surface area contributed by atoms with Crippen LogP contribution in [0.3, 0.4) is 0 Å². The predicted octanol–water partition coefficient (Wildman–Crippen LogP) is 1.61. The summed E-state index contributed by atoms with van der Waals surface area (Å²) in [6, 6.07) is 7.55. The molecule has 0 radical (unpaired) electrons. The van der Waals surface area contributed by atoms with Crippen LogP contribution in [0.25, 0.3) is 0 Å². The number of aliphatic hydroxyl groups excluding tert-OH is 1. The highest BCUT2D eigenvalue weighted by Crippen LogP contribution is 2.26. The standard InChI is InChI=1S/C12H17NO2/c13-8-12(14)9-3-1-6-11(7-9)15-10-4-2-5-10/h1,3,6-7,10,12,14H,2,4-5,8,13H2. The van der Waals surface area contributed by atoms with Crippen LogP contribution in [0.1, 0.15) is 30.9 Å². The molecule has 1 fully saturated rings. The van der Waals surface area contributed by atoms with Crippen molar-refractivity contribution in [3.8, 4) is 5.75 Å². The van der Waals surface area contributed by atoms with Gasteiger partial charge in [0.05, 0.1) is 12.2 Å². The zero-order chi connectivity index (χ0) is 10.7. The minimum atomic E-state index is -0.588. The summed E-state index contributed by atoms with van der Waals surface area (Å²) in [7, 11) is 0. The van der Waals surface area contributed by atoms with Crippen LogP contribution in [0, 0.1) is 0 Å². The van der Waals surface area contributed by atoms with Crippen molar-refractivity contribution >= 4 is 0 Å². The van der Waals surface area contributed by atoms with E-state index in [0.717, 1.165) is 24.2 Å². The normalized spacial score (nSPS) is 18.3. The minimum Gasteiger partial charge on any atom is -0.490 e. The molecule has 2 rings (SSSR count). The fraction of sp³-hybridized carbons (Fsp3) is 0.500. The highest BCUT2D eigenvalue weighted by atomic mass is 16.5. The van der Waals surface area contributed by atoms with Crippen LogP contribution in [0.15, 0.2) is 24.3 Å². The molecule has 1 saturated carbocycles. The molecule has 3 heteroatoms. The first kappa shape index (κ1) is 10.5. The summed E-state index contributed by atoms with van der Waals surface area (Å²) in [5, 5.41) is 9.58. The Morgan fingerprint density at radius 3 is 2.87 bits per heavy atom. The van der Waals surface area contributed by atoms with Crippen molar-refractivity contribution in [2.75, 3.05) is 6.54 Å². The Morgan fingerprint density at radius 2 is 2.27 bits per heavy atom. The van der Waals surface area contributed by atoms with E-state index >= 15 is 0 Å². The van der Waals surface area contributed by atoms with Crippen LogP contribution in [0.5, 0.6) is 5.75 Å². The highest BCUT2D eigenvalue weighted by Gasteiger charge is 2.19.